The Kier molecular flexibility index (Phi) is 0.964. The zero-order valence-electron chi connectivity index (χ0n) is 5.98. The highest BCUT2D eigenvalue weighted by atomic mass is 14.8. The molecule has 2 aliphatic carbocycles. The Morgan fingerprint density at radius 3 is 1.30 bits per heavy atom. The van der Waals surface area contributed by atoms with E-state index in [9.17, 15) is 0 Å². The van der Waals surface area contributed by atoms with Crippen molar-refractivity contribution in [1.82, 2.24) is 0 Å². The third kappa shape index (κ3) is 1.16. The molecule has 0 atom stereocenters. The summed E-state index contributed by atoms with van der Waals surface area (Å²) in [6, 6.07) is 0. The average molecular weight is 136 g/mol. The number of nitrogens with two attached hydrogens (primary N) is 2. The molecule has 0 spiro atoms. The Labute approximate surface area is 61.0 Å². The van der Waals surface area contributed by atoms with Gasteiger partial charge in [0.1, 0.15) is 0 Å². The van der Waals surface area contributed by atoms with Crippen LogP contribution in [0, 0.1) is 11.8 Å². The van der Waals surface area contributed by atoms with Crippen LogP contribution < -0.4 is 11.5 Å². The minimum Gasteiger partial charge on any atom is -0.315 e. The molecule has 2 nitrogen and oxygen atoms in total. The van der Waals surface area contributed by atoms with Gasteiger partial charge in [0.05, 0.1) is 11.1 Å². The van der Waals surface area contributed by atoms with Crippen LogP contribution in [0.2, 0.25) is 0 Å². The predicted octanol–water partition coefficient (Wildman–Crippen LogP) is -0.0276. The van der Waals surface area contributed by atoms with Gasteiger partial charge in [-0.2, -0.15) is 0 Å². The first-order valence-corrected chi connectivity index (χ1v) is 3.74. The number of hydrogen-bond donors (Lipinski definition) is 2. The standard InChI is InChI=1S/C8H12N2/c9-7(1-2-7)5-6-8(10)3-4-8/h1-4,9-10H2. The van der Waals surface area contributed by atoms with E-state index in [1.807, 2.05) is 0 Å². The van der Waals surface area contributed by atoms with Crippen molar-refractivity contribution in [3.8, 4) is 11.8 Å². The molecule has 0 bridgehead atoms. The molecule has 54 valence electrons. The van der Waals surface area contributed by atoms with Gasteiger partial charge in [0.2, 0.25) is 0 Å². The van der Waals surface area contributed by atoms with Crippen molar-refractivity contribution >= 4 is 0 Å². The van der Waals surface area contributed by atoms with Crippen LogP contribution in [0.1, 0.15) is 25.7 Å². The second kappa shape index (κ2) is 1.55. The van der Waals surface area contributed by atoms with Crippen molar-refractivity contribution in [1.29, 1.82) is 0 Å². The van der Waals surface area contributed by atoms with E-state index in [4.69, 9.17) is 11.5 Å². The minimum atomic E-state index is -0.144. The lowest BCUT2D eigenvalue weighted by Gasteiger charge is -1.97. The van der Waals surface area contributed by atoms with Gasteiger partial charge < -0.3 is 11.5 Å². The largest absolute Gasteiger partial charge is 0.315 e. The number of rotatable bonds is 0. The molecule has 2 fully saturated rings. The Morgan fingerprint density at radius 1 is 0.800 bits per heavy atom. The van der Waals surface area contributed by atoms with E-state index in [-0.39, 0.29) is 11.1 Å². The predicted molar refractivity (Wildman–Crippen MR) is 40.1 cm³/mol. The highest BCUT2D eigenvalue weighted by molar-refractivity contribution is 5.33. The first-order valence-electron chi connectivity index (χ1n) is 3.74. The molecule has 0 amide bonds. The smallest absolute Gasteiger partial charge is 0.0778 e. The van der Waals surface area contributed by atoms with Crippen LogP contribution in [-0.4, -0.2) is 11.1 Å². The van der Waals surface area contributed by atoms with E-state index in [1.54, 1.807) is 0 Å². The summed E-state index contributed by atoms with van der Waals surface area (Å²) in [5, 5.41) is 0. The normalized spacial score (nSPS) is 30.2. The maximum atomic E-state index is 5.75. The quantitative estimate of drug-likeness (QED) is 0.459. The van der Waals surface area contributed by atoms with E-state index >= 15 is 0 Å². The van der Waals surface area contributed by atoms with Crippen molar-refractivity contribution in [2.24, 2.45) is 11.5 Å². The molecule has 0 aliphatic heterocycles. The molecule has 2 heteroatoms. The van der Waals surface area contributed by atoms with Crippen LogP contribution in [0.25, 0.3) is 0 Å². The fraction of sp³-hybridized carbons (Fsp3) is 0.750. The summed E-state index contributed by atoms with van der Waals surface area (Å²) >= 11 is 0. The van der Waals surface area contributed by atoms with Gasteiger partial charge in [0, 0.05) is 0 Å². The van der Waals surface area contributed by atoms with Gasteiger partial charge in [-0.25, -0.2) is 0 Å². The van der Waals surface area contributed by atoms with E-state index in [1.165, 1.54) is 0 Å². The SMILES string of the molecule is NC1(C#CC2(N)CC2)CC1. The second-order valence-corrected chi connectivity index (χ2v) is 3.56. The van der Waals surface area contributed by atoms with Crippen LogP contribution in [0.15, 0.2) is 0 Å². The molecule has 0 radical (unpaired) electrons. The monoisotopic (exact) mass is 136 g/mol. The van der Waals surface area contributed by atoms with E-state index in [2.05, 4.69) is 11.8 Å². The summed E-state index contributed by atoms with van der Waals surface area (Å²) in [6.07, 6.45) is 4.21. The molecule has 0 aromatic rings. The molecule has 0 aromatic heterocycles. The van der Waals surface area contributed by atoms with Gasteiger partial charge in [0.15, 0.2) is 0 Å². The second-order valence-electron chi connectivity index (χ2n) is 3.56. The Hall–Kier alpha value is -0.520. The average Bonchev–Trinajstić information content (AvgIpc) is 2.72. The molecule has 0 saturated heterocycles. The van der Waals surface area contributed by atoms with Gasteiger partial charge in [0.25, 0.3) is 0 Å². The fourth-order valence-electron chi connectivity index (χ4n) is 0.768. The third-order valence-corrected chi connectivity index (χ3v) is 2.14. The number of hydrogen-bond acceptors (Lipinski definition) is 2. The van der Waals surface area contributed by atoms with Crippen molar-refractivity contribution in [2.75, 3.05) is 0 Å². The van der Waals surface area contributed by atoms with Crippen molar-refractivity contribution in [3.05, 3.63) is 0 Å². The molecule has 0 heterocycles. The Morgan fingerprint density at radius 2 is 1.10 bits per heavy atom. The lowest BCUT2D eigenvalue weighted by molar-refractivity contribution is 0.857. The first-order chi connectivity index (χ1) is 4.62. The van der Waals surface area contributed by atoms with E-state index < -0.39 is 0 Å². The summed E-state index contributed by atoms with van der Waals surface area (Å²) in [5.41, 5.74) is 11.2. The van der Waals surface area contributed by atoms with Gasteiger partial charge in [-0.3, -0.25) is 0 Å². The van der Waals surface area contributed by atoms with Gasteiger partial charge in [-0.05, 0) is 25.7 Å². The summed E-state index contributed by atoms with van der Waals surface area (Å²) in [4.78, 5) is 0. The lowest BCUT2D eigenvalue weighted by Crippen LogP contribution is -2.23. The molecule has 2 aliphatic rings. The fourth-order valence-corrected chi connectivity index (χ4v) is 0.768. The van der Waals surface area contributed by atoms with Gasteiger partial charge >= 0.3 is 0 Å². The van der Waals surface area contributed by atoms with E-state index in [0.29, 0.717) is 0 Å². The summed E-state index contributed by atoms with van der Waals surface area (Å²) < 4.78 is 0. The summed E-state index contributed by atoms with van der Waals surface area (Å²) in [5.74, 6) is 6.08. The molecule has 2 saturated carbocycles. The zero-order valence-corrected chi connectivity index (χ0v) is 5.98. The Balaban J connectivity index is 2.02. The third-order valence-electron chi connectivity index (χ3n) is 2.14. The highest BCUT2D eigenvalue weighted by Crippen LogP contribution is 2.34. The maximum Gasteiger partial charge on any atom is 0.0778 e. The van der Waals surface area contributed by atoms with Gasteiger partial charge in [-0.15, -0.1) is 0 Å². The van der Waals surface area contributed by atoms with Gasteiger partial charge in [-0.1, -0.05) is 11.8 Å². The Bertz CT molecular complexity index is 191. The molecule has 4 N–H and O–H groups in total. The first kappa shape index (κ1) is 6.21. The topological polar surface area (TPSA) is 52.0 Å². The summed E-state index contributed by atoms with van der Waals surface area (Å²) in [6.45, 7) is 0. The van der Waals surface area contributed by atoms with Crippen molar-refractivity contribution in [2.45, 2.75) is 36.8 Å². The van der Waals surface area contributed by atoms with Crippen LogP contribution in [0.3, 0.4) is 0 Å². The van der Waals surface area contributed by atoms with Crippen LogP contribution in [0.4, 0.5) is 0 Å². The molecular weight excluding hydrogens is 124 g/mol. The molecule has 2 rings (SSSR count). The van der Waals surface area contributed by atoms with Crippen molar-refractivity contribution < 1.29 is 0 Å². The summed E-state index contributed by atoms with van der Waals surface area (Å²) in [7, 11) is 0. The molecule has 10 heavy (non-hydrogen) atoms. The maximum absolute atomic E-state index is 5.75. The van der Waals surface area contributed by atoms with Crippen LogP contribution >= 0.6 is 0 Å². The molecular formula is C8H12N2. The lowest BCUT2D eigenvalue weighted by atomic mass is 10.2. The van der Waals surface area contributed by atoms with Crippen molar-refractivity contribution in [3.63, 3.8) is 0 Å². The molecule has 0 unspecified atom stereocenters. The van der Waals surface area contributed by atoms with Crippen LogP contribution in [0.5, 0.6) is 0 Å². The molecule has 0 aromatic carbocycles. The van der Waals surface area contributed by atoms with Crippen LogP contribution in [-0.2, 0) is 0 Å². The zero-order chi connectivity index (χ0) is 7.24. The van der Waals surface area contributed by atoms with E-state index in [0.717, 1.165) is 25.7 Å². The highest BCUT2D eigenvalue weighted by Gasteiger charge is 2.40. The minimum absolute atomic E-state index is 0.144.